The van der Waals surface area contributed by atoms with Gasteiger partial charge in [-0.1, -0.05) is 58.3 Å². The quantitative estimate of drug-likeness (QED) is 0.482. The number of rotatable bonds is 13. The lowest BCUT2D eigenvalue weighted by atomic mass is 10.0. The predicted molar refractivity (Wildman–Crippen MR) is 80.4 cm³/mol. The number of unbranched alkanes of at least 4 members (excludes halogenated alkanes) is 9. The van der Waals surface area contributed by atoms with Crippen molar-refractivity contribution < 1.29 is 27.6 Å². The summed E-state index contributed by atoms with van der Waals surface area (Å²) in [5.41, 5.74) is -0.667. The molecule has 0 unspecified atom stereocenters. The van der Waals surface area contributed by atoms with Gasteiger partial charge in [0.25, 0.3) is 0 Å². The van der Waals surface area contributed by atoms with Crippen molar-refractivity contribution in [2.45, 2.75) is 90.5 Å². The van der Waals surface area contributed by atoms with Gasteiger partial charge in [-0.3, -0.25) is 0 Å². The topological polar surface area (TPSA) is 53.9 Å². The molecular formula is C16H34ClNO2. The molecule has 0 aromatic rings. The first-order valence-corrected chi connectivity index (χ1v) is 8.08. The van der Waals surface area contributed by atoms with E-state index in [9.17, 15) is 4.79 Å². The largest absolute Gasteiger partial charge is 1.00 e. The molecule has 0 aliphatic carbocycles. The first-order chi connectivity index (χ1) is 9.00. The lowest BCUT2D eigenvalue weighted by Crippen LogP contribution is -3.00. The van der Waals surface area contributed by atoms with Crippen LogP contribution < -0.4 is 17.7 Å². The number of halogens is 1. The Balaban J connectivity index is 0. The van der Waals surface area contributed by atoms with Crippen LogP contribution in [-0.4, -0.2) is 23.2 Å². The first-order valence-electron chi connectivity index (χ1n) is 8.08. The van der Waals surface area contributed by atoms with Gasteiger partial charge in [0.05, 0.1) is 6.54 Å². The van der Waals surface area contributed by atoms with E-state index >= 15 is 0 Å². The number of hydrogen-bond acceptors (Lipinski definition) is 1. The number of hydrogen-bond donors (Lipinski definition) is 2. The van der Waals surface area contributed by atoms with Crippen molar-refractivity contribution in [1.82, 2.24) is 0 Å². The molecule has 3 nitrogen and oxygen atoms in total. The van der Waals surface area contributed by atoms with Crippen molar-refractivity contribution in [3.05, 3.63) is 0 Å². The van der Waals surface area contributed by atoms with Crippen LogP contribution >= 0.6 is 0 Å². The molecule has 0 spiro atoms. The molecule has 0 rings (SSSR count). The molecule has 122 valence electrons. The summed E-state index contributed by atoms with van der Waals surface area (Å²) in [6.45, 7) is 6.72. The van der Waals surface area contributed by atoms with E-state index in [0.29, 0.717) is 0 Å². The van der Waals surface area contributed by atoms with Crippen LogP contribution in [0.3, 0.4) is 0 Å². The maximum absolute atomic E-state index is 10.9. The molecule has 0 fully saturated rings. The first kappa shape index (κ1) is 22.0. The van der Waals surface area contributed by atoms with E-state index < -0.39 is 11.5 Å². The Labute approximate surface area is 131 Å². The highest BCUT2D eigenvalue weighted by Crippen LogP contribution is 2.10. The Morgan fingerprint density at radius 1 is 0.900 bits per heavy atom. The minimum absolute atomic E-state index is 0. The second-order valence-electron chi connectivity index (χ2n) is 6.20. The van der Waals surface area contributed by atoms with Gasteiger partial charge >= 0.3 is 5.97 Å². The molecule has 3 N–H and O–H groups in total. The highest BCUT2D eigenvalue weighted by Gasteiger charge is 2.29. The maximum atomic E-state index is 10.9. The molecule has 0 atom stereocenters. The summed E-state index contributed by atoms with van der Waals surface area (Å²) in [7, 11) is 0. The molecule has 0 aliphatic heterocycles. The highest BCUT2D eigenvalue weighted by atomic mass is 35.5. The van der Waals surface area contributed by atoms with Crippen molar-refractivity contribution >= 4 is 5.97 Å². The van der Waals surface area contributed by atoms with E-state index in [2.05, 4.69) is 6.92 Å². The molecule has 0 aromatic carbocycles. The van der Waals surface area contributed by atoms with Gasteiger partial charge in [0.2, 0.25) is 0 Å². The summed E-state index contributed by atoms with van der Waals surface area (Å²) in [5, 5.41) is 10.9. The Morgan fingerprint density at radius 2 is 1.30 bits per heavy atom. The Kier molecular flexibility index (Phi) is 15.1. The molecule has 20 heavy (non-hydrogen) atoms. The molecule has 0 saturated carbocycles. The van der Waals surface area contributed by atoms with Crippen LogP contribution in [0.25, 0.3) is 0 Å². The van der Waals surface area contributed by atoms with Crippen LogP contribution in [0.5, 0.6) is 0 Å². The molecule has 4 heteroatoms. The van der Waals surface area contributed by atoms with Gasteiger partial charge in [-0.15, -0.1) is 0 Å². The van der Waals surface area contributed by atoms with E-state index in [-0.39, 0.29) is 12.4 Å². The molecule has 0 amide bonds. The number of carbonyl (C=O) groups is 1. The highest BCUT2D eigenvalue weighted by molar-refractivity contribution is 5.75. The zero-order valence-corrected chi connectivity index (χ0v) is 14.3. The van der Waals surface area contributed by atoms with Gasteiger partial charge in [0.15, 0.2) is 5.54 Å². The summed E-state index contributed by atoms with van der Waals surface area (Å²) in [5.74, 6) is -0.723. The average Bonchev–Trinajstić information content (AvgIpc) is 2.35. The lowest BCUT2D eigenvalue weighted by Gasteiger charge is -2.17. The monoisotopic (exact) mass is 307 g/mol. The van der Waals surface area contributed by atoms with Crippen molar-refractivity contribution in [1.29, 1.82) is 0 Å². The Bertz CT molecular complexity index is 233. The zero-order chi connectivity index (χ0) is 14.6. The standard InChI is InChI=1S/C16H33NO2.ClH/c1-4-5-6-7-8-9-10-11-12-13-14-17-16(2,3)15(18)19;/h17H,4-14H2,1-3H3,(H,18,19);1H. The van der Waals surface area contributed by atoms with Crippen molar-refractivity contribution in [3.63, 3.8) is 0 Å². The average molecular weight is 308 g/mol. The van der Waals surface area contributed by atoms with E-state index in [1.807, 2.05) is 5.32 Å². The van der Waals surface area contributed by atoms with Gasteiger partial charge in [0.1, 0.15) is 0 Å². The molecule has 0 radical (unpaired) electrons. The van der Waals surface area contributed by atoms with E-state index in [1.54, 1.807) is 13.8 Å². The third kappa shape index (κ3) is 12.7. The molecule has 0 heterocycles. The van der Waals surface area contributed by atoms with Crippen molar-refractivity contribution in [3.8, 4) is 0 Å². The number of carboxylic acid groups (broad SMARTS) is 1. The van der Waals surface area contributed by atoms with Crippen molar-refractivity contribution in [2.75, 3.05) is 6.54 Å². The normalized spacial score (nSPS) is 11.2. The lowest BCUT2D eigenvalue weighted by molar-refractivity contribution is -0.707. The Morgan fingerprint density at radius 3 is 1.70 bits per heavy atom. The Hall–Kier alpha value is -0.280. The minimum atomic E-state index is -0.723. The van der Waals surface area contributed by atoms with Crippen LogP contribution in [0.1, 0.15) is 85.0 Å². The van der Waals surface area contributed by atoms with Gasteiger partial charge < -0.3 is 22.8 Å². The van der Waals surface area contributed by atoms with E-state index in [0.717, 1.165) is 13.0 Å². The van der Waals surface area contributed by atoms with Crippen LogP contribution in [0.2, 0.25) is 0 Å². The smallest absolute Gasteiger partial charge is 0.364 e. The van der Waals surface area contributed by atoms with Gasteiger partial charge in [0, 0.05) is 13.8 Å². The molecular weight excluding hydrogens is 274 g/mol. The summed E-state index contributed by atoms with van der Waals surface area (Å²) in [4.78, 5) is 10.9. The minimum Gasteiger partial charge on any atom is -1.00 e. The number of nitrogens with two attached hydrogens (primary N) is 1. The SMILES string of the molecule is CCCCCCCCCCCC[NH2+]C(C)(C)C(=O)O.[Cl-]. The fourth-order valence-electron chi connectivity index (χ4n) is 2.18. The second kappa shape index (κ2) is 13.7. The fourth-order valence-corrected chi connectivity index (χ4v) is 2.18. The zero-order valence-electron chi connectivity index (χ0n) is 13.6. The summed E-state index contributed by atoms with van der Waals surface area (Å²) in [6.07, 6.45) is 13.3. The molecule has 0 aromatic heterocycles. The van der Waals surface area contributed by atoms with Gasteiger partial charge in [-0.25, -0.2) is 4.79 Å². The summed E-state index contributed by atoms with van der Waals surface area (Å²) >= 11 is 0. The predicted octanol–water partition coefficient (Wildman–Crippen LogP) is 0.338. The summed E-state index contributed by atoms with van der Waals surface area (Å²) < 4.78 is 0. The third-order valence-electron chi connectivity index (χ3n) is 3.76. The van der Waals surface area contributed by atoms with Crippen LogP contribution in [0.4, 0.5) is 0 Å². The van der Waals surface area contributed by atoms with E-state index in [4.69, 9.17) is 5.11 Å². The van der Waals surface area contributed by atoms with Crippen molar-refractivity contribution in [2.24, 2.45) is 0 Å². The molecule has 0 aliphatic rings. The van der Waals surface area contributed by atoms with Crippen LogP contribution in [0, 0.1) is 0 Å². The fraction of sp³-hybridized carbons (Fsp3) is 0.938. The molecule has 0 bridgehead atoms. The third-order valence-corrected chi connectivity index (χ3v) is 3.76. The van der Waals surface area contributed by atoms with E-state index in [1.165, 1.54) is 57.8 Å². The number of aliphatic carboxylic acids is 1. The van der Waals surface area contributed by atoms with Gasteiger partial charge in [-0.05, 0) is 12.8 Å². The number of carboxylic acids is 1. The van der Waals surface area contributed by atoms with Crippen LogP contribution in [0.15, 0.2) is 0 Å². The van der Waals surface area contributed by atoms with Gasteiger partial charge in [-0.2, -0.15) is 0 Å². The summed E-state index contributed by atoms with van der Waals surface area (Å²) in [6, 6.07) is 0. The van der Waals surface area contributed by atoms with Crippen LogP contribution in [-0.2, 0) is 4.79 Å². The maximum Gasteiger partial charge on any atom is 0.364 e. The second-order valence-corrected chi connectivity index (χ2v) is 6.20. The number of quaternary nitrogens is 1. The molecule has 0 saturated heterocycles.